The van der Waals surface area contributed by atoms with Crippen molar-refractivity contribution < 1.29 is 27.5 Å². The molecule has 0 aliphatic heterocycles. The highest BCUT2D eigenvalue weighted by molar-refractivity contribution is 6.30. The van der Waals surface area contributed by atoms with Crippen LogP contribution in [0.2, 0.25) is 5.02 Å². The van der Waals surface area contributed by atoms with E-state index in [1.54, 1.807) is 18.2 Å². The topological polar surface area (TPSA) is 79.5 Å². The van der Waals surface area contributed by atoms with Gasteiger partial charge in [0.2, 0.25) is 0 Å². The Morgan fingerprint density at radius 3 is 2.50 bits per heavy atom. The average Bonchev–Trinajstić information content (AvgIpc) is 2.58. The number of rotatable bonds is 6. The Morgan fingerprint density at radius 1 is 1.11 bits per heavy atom. The Balaban J connectivity index is 2.25. The van der Waals surface area contributed by atoms with Crippen molar-refractivity contribution in [2.75, 3.05) is 17.2 Å². The van der Waals surface area contributed by atoms with Gasteiger partial charge in [0.05, 0.1) is 11.3 Å². The molecule has 0 aliphatic carbocycles. The zero-order valence-electron chi connectivity index (χ0n) is 14.7. The van der Waals surface area contributed by atoms with Gasteiger partial charge in [0.25, 0.3) is 5.91 Å². The Morgan fingerprint density at radius 2 is 1.86 bits per heavy atom. The molecule has 2 aromatic carbocycles. The van der Waals surface area contributed by atoms with Crippen LogP contribution in [0.1, 0.15) is 23.7 Å². The number of amides is 3. The van der Waals surface area contributed by atoms with Crippen LogP contribution in [0, 0.1) is 0 Å². The molecule has 0 aliphatic rings. The van der Waals surface area contributed by atoms with Gasteiger partial charge in [-0.05, 0) is 36.8 Å². The van der Waals surface area contributed by atoms with Crippen LogP contribution in [0.4, 0.5) is 29.3 Å². The third kappa shape index (κ3) is 6.66. The van der Waals surface area contributed by atoms with Gasteiger partial charge in [-0.1, -0.05) is 24.6 Å². The molecule has 0 unspecified atom stereocenters. The number of carbonyl (C=O) groups is 2. The van der Waals surface area contributed by atoms with Crippen molar-refractivity contribution in [1.82, 2.24) is 5.32 Å². The highest BCUT2D eigenvalue weighted by atomic mass is 35.5. The molecule has 6 nitrogen and oxygen atoms in total. The number of carbonyl (C=O) groups excluding carboxylic acids is 2. The van der Waals surface area contributed by atoms with Gasteiger partial charge in [-0.2, -0.15) is 0 Å². The van der Waals surface area contributed by atoms with Crippen LogP contribution in [0.3, 0.4) is 0 Å². The lowest BCUT2D eigenvalue weighted by Crippen LogP contribution is -2.27. The molecule has 0 bridgehead atoms. The van der Waals surface area contributed by atoms with Gasteiger partial charge in [0.1, 0.15) is 5.75 Å². The molecule has 0 radical (unpaired) electrons. The molecular formula is C18H17ClF3N3O3. The quantitative estimate of drug-likeness (QED) is 0.619. The van der Waals surface area contributed by atoms with E-state index < -0.39 is 24.1 Å². The standard InChI is InChI=1S/C18H17ClF3N3O3/c1-2-8-23-16(26)14-7-6-13(28-18(20,21)22)10-15(14)25-17(27)24-12-5-3-4-11(19)9-12/h3-7,9-10H,2,8H2,1H3,(H,23,26)(H2,24,25,27). The number of benzene rings is 2. The number of hydrogen-bond donors (Lipinski definition) is 3. The van der Waals surface area contributed by atoms with Gasteiger partial charge in [0, 0.05) is 23.3 Å². The van der Waals surface area contributed by atoms with E-state index in [2.05, 4.69) is 20.7 Å². The SMILES string of the molecule is CCCNC(=O)c1ccc(OC(F)(F)F)cc1NC(=O)Nc1cccc(Cl)c1. The molecule has 150 valence electrons. The highest BCUT2D eigenvalue weighted by Gasteiger charge is 2.31. The monoisotopic (exact) mass is 415 g/mol. The van der Waals surface area contributed by atoms with E-state index in [9.17, 15) is 22.8 Å². The summed E-state index contributed by atoms with van der Waals surface area (Å²) in [5.41, 5.74) is 0.212. The molecule has 10 heteroatoms. The molecule has 0 spiro atoms. The van der Waals surface area contributed by atoms with Gasteiger partial charge in [-0.3, -0.25) is 4.79 Å². The molecule has 28 heavy (non-hydrogen) atoms. The van der Waals surface area contributed by atoms with Crippen LogP contribution >= 0.6 is 11.6 Å². The molecule has 0 saturated heterocycles. The first kappa shape index (κ1) is 21.4. The fraction of sp³-hybridized carbons (Fsp3) is 0.222. The summed E-state index contributed by atoms with van der Waals surface area (Å²) in [6, 6.07) is 8.57. The third-order valence-corrected chi connectivity index (χ3v) is 3.57. The van der Waals surface area contributed by atoms with Gasteiger partial charge in [-0.15, -0.1) is 13.2 Å². The van der Waals surface area contributed by atoms with E-state index in [0.717, 1.165) is 18.2 Å². The van der Waals surface area contributed by atoms with Crippen molar-refractivity contribution in [2.24, 2.45) is 0 Å². The van der Waals surface area contributed by atoms with Crippen molar-refractivity contribution in [2.45, 2.75) is 19.7 Å². The number of ether oxygens (including phenoxy) is 1. The van der Waals surface area contributed by atoms with Crippen LogP contribution in [-0.4, -0.2) is 24.8 Å². The van der Waals surface area contributed by atoms with E-state index in [1.165, 1.54) is 6.07 Å². The fourth-order valence-corrected chi connectivity index (χ4v) is 2.40. The molecule has 0 aromatic heterocycles. The molecule has 0 saturated carbocycles. The van der Waals surface area contributed by atoms with E-state index in [4.69, 9.17) is 11.6 Å². The smallest absolute Gasteiger partial charge is 0.406 e. The van der Waals surface area contributed by atoms with Gasteiger partial charge in [0.15, 0.2) is 0 Å². The molecule has 0 heterocycles. The Bertz CT molecular complexity index is 859. The van der Waals surface area contributed by atoms with E-state index in [0.29, 0.717) is 23.7 Å². The van der Waals surface area contributed by atoms with Gasteiger partial charge < -0.3 is 20.7 Å². The molecule has 3 N–H and O–H groups in total. The highest BCUT2D eigenvalue weighted by Crippen LogP contribution is 2.28. The summed E-state index contributed by atoms with van der Waals surface area (Å²) in [6.45, 7) is 2.21. The lowest BCUT2D eigenvalue weighted by molar-refractivity contribution is -0.274. The molecule has 2 rings (SSSR count). The third-order valence-electron chi connectivity index (χ3n) is 3.34. The minimum atomic E-state index is -4.91. The number of halogens is 4. The number of hydrogen-bond acceptors (Lipinski definition) is 3. The largest absolute Gasteiger partial charge is 0.573 e. The van der Waals surface area contributed by atoms with Crippen LogP contribution in [-0.2, 0) is 0 Å². The first-order valence-electron chi connectivity index (χ1n) is 8.19. The first-order valence-corrected chi connectivity index (χ1v) is 8.57. The minimum Gasteiger partial charge on any atom is -0.406 e. The van der Waals surface area contributed by atoms with Crippen molar-refractivity contribution in [1.29, 1.82) is 0 Å². The predicted octanol–water partition coefficient (Wildman–Crippen LogP) is 5.02. The minimum absolute atomic E-state index is 0.00998. The Labute approximate surface area is 164 Å². The number of nitrogens with one attached hydrogen (secondary N) is 3. The van der Waals surface area contributed by atoms with E-state index in [1.807, 2.05) is 6.92 Å². The van der Waals surface area contributed by atoms with Crippen LogP contribution in [0.25, 0.3) is 0 Å². The van der Waals surface area contributed by atoms with Gasteiger partial charge >= 0.3 is 12.4 Å². The van der Waals surface area contributed by atoms with Crippen molar-refractivity contribution in [3.8, 4) is 5.75 Å². The Kier molecular flexibility index (Phi) is 7.11. The van der Waals surface area contributed by atoms with Crippen LogP contribution < -0.4 is 20.7 Å². The van der Waals surface area contributed by atoms with E-state index in [-0.39, 0.29) is 11.3 Å². The van der Waals surface area contributed by atoms with Crippen molar-refractivity contribution in [3.05, 3.63) is 53.1 Å². The first-order chi connectivity index (χ1) is 13.2. The summed E-state index contributed by atoms with van der Waals surface area (Å²) in [5.74, 6) is -1.11. The maximum absolute atomic E-state index is 12.5. The zero-order valence-corrected chi connectivity index (χ0v) is 15.4. The average molecular weight is 416 g/mol. The fourth-order valence-electron chi connectivity index (χ4n) is 2.21. The second-order valence-corrected chi connectivity index (χ2v) is 6.04. The maximum Gasteiger partial charge on any atom is 0.573 e. The second kappa shape index (κ2) is 9.32. The summed E-state index contributed by atoms with van der Waals surface area (Å²) in [6.07, 6.45) is -4.24. The number of anilines is 2. The molecule has 2 aromatic rings. The molecule has 0 fully saturated rings. The van der Waals surface area contributed by atoms with Crippen LogP contribution in [0.5, 0.6) is 5.75 Å². The number of urea groups is 1. The lowest BCUT2D eigenvalue weighted by atomic mass is 10.1. The van der Waals surface area contributed by atoms with Crippen molar-refractivity contribution >= 4 is 34.9 Å². The normalized spacial score (nSPS) is 10.9. The molecule has 3 amide bonds. The number of alkyl halides is 3. The van der Waals surface area contributed by atoms with Crippen molar-refractivity contribution in [3.63, 3.8) is 0 Å². The zero-order chi connectivity index (χ0) is 20.7. The maximum atomic E-state index is 12.5. The van der Waals surface area contributed by atoms with E-state index >= 15 is 0 Å². The Hall–Kier alpha value is -2.94. The predicted molar refractivity (Wildman–Crippen MR) is 99.8 cm³/mol. The lowest BCUT2D eigenvalue weighted by Gasteiger charge is -2.15. The summed E-state index contributed by atoms with van der Waals surface area (Å²) < 4.78 is 41.3. The summed E-state index contributed by atoms with van der Waals surface area (Å²) >= 11 is 5.84. The van der Waals surface area contributed by atoms with Crippen LogP contribution in [0.15, 0.2) is 42.5 Å². The molecule has 0 atom stereocenters. The summed E-state index contributed by atoms with van der Waals surface area (Å²) in [4.78, 5) is 24.5. The second-order valence-electron chi connectivity index (χ2n) is 5.60. The summed E-state index contributed by atoms with van der Waals surface area (Å²) in [7, 11) is 0. The molecular weight excluding hydrogens is 399 g/mol. The van der Waals surface area contributed by atoms with Gasteiger partial charge in [-0.25, -0.2) is 4.79 Å². The summed E-state index contributed by atoms with van der Waals surface area (Å²) in [5, 5.41) is 7.82.